The normalized spacial score (nSPS) is 11.3. The Morgan fingerprint density at radius 1 is 1.35 bits per heavy atom. The number of nitrogens with one attached hydrogen (secondary N) is 1. The van der Waals surface area contributed by atoms with Gasteiger partial charge in [0.15, 0.2) is 0 Å². The van der Waals surface area contributed by atoms with E-state index in [1.54, 1.807) is 0 Å². The summed E-state index contributed by atoms with van der Waals surface area (Å²) in [5.41, 5.74) is 5.50. The molecule has 4 nitrogen and oxygen atoms in total. The number of benzene rings is 1. The number of hydrogen-bond acceptors (Lipinski definition) is 4. The molecule has 0 aliphatic rings. The molecule has 20 heavy (non-hydrogen) atoms. The van der Waals surface area contributed by atoms with Gasteiger partial charge in [0.05, 0.1) is 10.0 Å². The molecule has 1 aromatic heterocycles. The lowest BCUT2D eigenvalue weighted by Gasteiger charge is -2.08. The quantitative estimate of drug-likeness (QED) is 0.831. The summed E-state index contributed by atoms with van der Waals surface area (Å²) in [6.07, 6.45) is 0. The number of halogens is 2. The zero-order valence-electron chi connectivity index (χ0n) is 9.76. The van der Waals surface area contributed by atoms with Gasteiger partial charge in [0.2, 0.25) is 0 Å². The largest absolute Gasteiger partial charge is 0.389 e. The van der Waals surface area contributed by atoms with Crippen LogP contribution in [0.3, 0.4) is 0 Å². The Labute approximate surface area is 129 Å². The highest BCUT2D eigenvalue weighted by atomic mass is 35.5. The van der Waals surface area contributed by atoms with Gasteiger partial charge in [-0.2, -0.15) is 0 Å². The highest BCUT2D eigenvalue weighted by molar-refractivity contribution is 7.94. The van der Waals surface area contributed by atoms with Crippen molar-refractivity contribution in [1.29, 1.82) is 0 Å². The van der Waals surface area contributed by atoms with Crippen LogP contribution in [0.2, 0.25) is 4.34 Å². The van der Waals surface area contributed by atoms with Crippen LogP contribution in [0, 0.1) is 5.82 Å². The molecule has 0 unspecified atom stereocenters. The Kier molecular flexibility index (Phi) is 4.28. The van der Waals surface area contributed by atoms with Crippen LogP contribution in [0.15, 0.2) is 34.5 Å². The predicted molar refractivity (Wildman–Crippen MR) is 82.4 cm³/mol. The second-order valence-electron chi connectivity index (χ2n) is 3.72. The maximum absolute atomic E-state index is 13.8. The smallest absolute Gasteiger partial charge is 0.271 e. The van der Waals surface area contributed by atoms with Gasteiger partial charge in [-0.1, -0.05) is 23.8 Å². The average molecular weight is 351 g/mol. The maximum Gasteiger partial charge on any atom is 0.271 e. The van der Waals surface area contributed by atoms with E-state index in [4.69, 9.17) is 29.6 Å². The van der Waals surface area contributed by atoms with E-state index >= 15 is 0 Å². The molecule has 0 aliphatic heterocycles. The molecule has 1 heterocycles. The summed E-state index contributed by atoms with van der Waals surface area (Å²) in [5.74, 6) is -0.762. The van der Waals surface area contributed by atoms with Gasteiger partial charge in [0.1, 0.15) is 15.0 Å². The Bertz CT molecular complexity index is 774. The van der Waals surface area contributed by atoms with Gasteiger partial charge < -0.3 is 5.73 Å². The number of anilines is 1. The van der Waals surface area contributed by atoms with Crippen molar-refractivity contribution < 1.29 is 12.8 Å². The van der Waals surface area contributed by atoms with E-state index in [1.807, 2.05) is 0 Å². The molecular weight excluding hydrogens is 343 g/mol. The van der Waals surface area contributed by atoms with Crippen molar-refractivity contribution in [3.63, 3.8) is 0 Å². The third-order valence-corrected chi connectivity index (χ3v) is 5.64. The molecule has 2 aromatic rings. The highest BCUT2D eigenvalue weighted by Gasteiger charge is 2.18. The second kappa shape index (κ2) is 5.65. The van der Waals surface area contributed by atoms with Gasteiger partial charge in [-0.05, 0) is 30.3 Å². The van der Waals surface area contributed by atoms with Gasteiger partial charge in [-0.25, -0.2) is 12.8 Å². The maximum atomic E-state index is 13.8. The molecule has 0 radical (unpaired) electrons. The van der Waals surface area contributed by atoms with E-state index in [1.165, 1.54) is 24.3 Å². The van der Waals surface area contributed by atoms with Gasteiger partial charge in [-0.3, -0.25) is 4.72 Å². The van der Waals surface area contributed by atoms with Crippen LogP contribution in [0.5, 0.6) is 0 Å². The molecule has 0 fully saturated rings. The van der Waals surface area contributed by atoms with Gasteiger partial charge in [-0.15, -0.1) is 11.3 Å². The Morgan fingerprint density at radius 2 is 2.05 bits per heavy atom. The zero-order chi connectivity index (χ0) is 14.9. The van der Waals surface area contributed by atoms with Crippen molar-refractivity contribution in [2.45, 2.75) is 4.21 Å². The minimum absolute atomic E-state index is 0.000298. The lowest BCUT2D eigenvalue weighted by atomic mass is 10.2. The van der Waals surface area contributed by atoms with E-state index in [0.29, 0.717) is 9.90 Å². The van der Waals surface area contributed by atoms with Crippen molar-refractivity contribution in [2.24, 2.45) is 5.73 Å². The van der Waals surface area contributed by atoms with Crippen molar-refractivity contribution >= 4 is 55.9 Å². The third-order valence-electron chi connectivity index (χ3n) is 2.31. The standard InChI is InChI=1S/C11H8ClFN2O2S3/c12-9-3-4-10(19-9)20(16,17)15-8-2-1-6(11(14)18)5-7(8)13/h1-5,15H,(H2,14,18). The summed E-state index contributed by atoms with van der Waals surface area (Å²) in [7, 11) is -3.87. The van der Waals surface area contributed by atoms with Crippen LogP contribution in [0.25, 0.3) is 0 Å². The zero-order valence-corrected chi connectivity index (χ0v) is 13.0. The monoisotopic (exact) mass is 350 g/mol. The highest BCUT2D eigenvalue weighted by Crippen LogP contribution is 2.28. The molecule has 0 spiro atoms. The summed E-state index contributed by atoms with van der Waals surface area (Å²) < 4.78 is 40.3. The van der Waals surface area contributed by atoms with Gasteiger partial charge in [0, 0.05) is 5.56 Å². The fourth-order valence-corrected chi connectivity index (χ4v) is 4.07. The molecule has 1 aromatic carbocycles. The van der Waals surface area contributed by atoms with Crippen molar-refractivity contribution in [1.82, 2.24) is 0 Å². The third kappa shape index (κ3) is 3.26. The summed E-state index contributed by atoms with van der Waals surface area (Å²) in [5, 5.41) is 0. The Balaban J connectivity index is 2.32. The van der Waals surface area contributed by atoms with Crippen LogP contribution in [0.1, 0.15) is 5.56 Å². The summed E-state index contributed by atoms with van der Waals surface area (Å²) >= 11 is 11.3. The molecule has 2 rings (SSSR count). The predicted octanol–water partition coefficient (Wildman–Crippen LogP) is 2.98. The lowest BCUT2D eigenvalue weighted by Crippen LogP contribution is -2.14. The van der Waals surface area contributed by atoms with Crippen molar-refractivity contribution in [3.05, 3.63) is 46.0 Å². The number of thiophene rings is 1. The van der Waals surface area contributed by atoms with E-state index in [2.05, 4.69) is 4.72 Å². The van der Waals surface area contributed by atoms with Gasteiger partial charge >= 0.3 is 0 Å². The minimum atomic E-state index is -3.87. The van der Waals surface area contributed by atoms with E-state index in [0.717, 1.165) is 17.4 Å². The van der Waals surface area contributed by atoms with E-state index in [-0.39, 0.29) is 14.9 Å². The van der Waals surface area contributed by atoms with Crippen molar-refractivity contribution in [3.8, 4) is 0 Å². The number of hydrogen-bond donors (Lipinski definition) is 2. The summed E-state index contributed by atoms with van der Waals surface area (Å²) in [6.45, 7) is 0. The first kappa shape index (κ1) is 15.2. The summed E-state index contributed by atoms with van der Waals surface area (Å²) in [6, 6.07) is 6.56. The molecule has 9 heteroatoms. The molecule has 0 aliphatic carbocycles. The van der Waals surface area contributed by atoms with E-state index in [9.17, 15) is 12.8 Å². The minimum Gasteiger partial charge on any atom is -0.389 e. The van der Waals surface area contributed by atoms with Crippen LogP contribution in [-0.4, -0.2) is 13.4 Å². The Hall–Kier alpha value is -1.22. The molecule has 0 saturated carbocycles. The first-order valence-corrected chi connectivity index (χ1v) is 8.26. The molecule has 0 saturated heterocycles. The molecule has 3 N–H and O–H groups in total. The van der Waals surface area contributed by atoms with Crippen LogP contribution in [-0.2, 0) is 10.0 Å². The summed E-state index contributed by atoms with van der Waals surface area (Å²) in [4.78, 5) is 0.0309. The first-order chi connectivity index (χ1) is 9.29. The number of nitrogens with two attached hydrogens (primary N) is 1. The Morgan fingerprint density at radius 3 is 2.55 bits per heavy atom. The topological polar surface area (TPSA) is 72.2 Å². The fourth-order valence-electron chi connectivity index (χ4n) is 1.39. The number of sulfonamides is 1. The lowest BCUT2D eigenvalue weighted by molar-refractivity contribution is 0.600. The van der Waals surface area contributed by atoms with Crippen molar-refractivity contribution in [2.75, 3.05) is 4.72 Å². The van der Waals surface area contributed by atoms with E-state index < -0.39 is 15.8 Å². The fraction of sp³-hybridized carbons (Fsp3) is 0. The molecule has 0 amide bonds. The molecule has 0 bridgehead atoms. The molecule has 0 atom stereocenters. The number of thiocarbonyl (C=S) groups is 1. The molecular formula is C11H8ClFN2O2S3. The first-order valence-electron chi connectivity index (χ1n) is 5.17. The molecule has 106 valence electrons. The number of rotatable bonds is 4. The second-order valence-corrected chi connectivity index (χ2v) is 7.79. The SMILES string of the molecule is NC(=S)c1ccc(NS(=O)(=O)c2ccc(Cl)s2)c(F)c1. The van der Waals surface area contributed by atoms with Crippen LogP contribution >= 0.6 is 35.2 Å². The van der Waals surface area contributed by atoms with Crippen LogP contribution < -0.4 is 10.5 Å². The average Bonchev–Trinajstić information content (AvgIpc) is 2.79. The van der Waals surface area contributed by atoms with Gasteiger partial charge in [0.25, 0.3) is 10.0 Å². The van der Waals surface area contributed by atoms with Crippen LogP contribution in [0.4, 0.5) is 10.1 Å².